The number of nitriles is 1. The van der Waals surface area contributed by atoms with Crippen LogP contribution in [0.25, 0.3) is 0 Å². The van der Waals surface area contributed by atoms with Crippen LogP contribution in [0.3, 0.4) is 0 Å². The predicted octanol–water partition coefficient (Wildman–Crippen LogP) is 2.74. The van der Waals surface area contributed by atoms with Gasteiger partial charge in [-0.3, -0.25) is 0 Å². The molecular formula is C13H19N3O2S2. The summed E-state index contributed by atoms with van der Waals surface area (Å²) >= 11 is 1.15. The number of hydrogen-bond acceptors (Lipinski definition) is 6. The zero-order valence-corrected chi connectivity index (χ0v) is 13.1. The molecule has 20 heavy (non-hydrogen) atoms. The first-order valence-electron chi connectivity index (χ1n) is 6.81. The number of sulfone groups is 1. The third-order valence-corrected chi connectivity index (χ3v) is 6.61. The Morgan fingerprint density at radius 1 is 1.40 bits per heavy atom. The Labute approximate surface area is 123 Å². The molecule has 1 heterocycles. The number of thiophene rings is 1. The first-order valence-corrected chi connectivity index (χ1v) is 9.28. The molecule has 0 spiro atoms. The van der Waals surface area contributed by atoms with E-state index in [1.807, 2.05) is 6.07 Å². The monoisotopic (exact) mass is 313 g/mol. The van der Waals surface area contributed by atoms with E-state index >= 15 is 0 Å². The summed E-state index contributed by atoms with van der Waals surface area (Å²) in [4.78, 5) is 0.391. The van der Waals surface area contributed by atoms with E-state index in [1.54, 1.807) is 6.92 Å². The second-order valence-electron chi connectivity index (χ2n) is 5.00. The molecule has 1 fully saturated rings. The molecule has 0 unspecified atom stereocenters. The number of anilines is 2. The lowest BCUT2D eigenvalue weighted by atomic mass is 9.96. The standard InChI is InChI=1S/C13H19N3O2S2/c1-2-20(17,18)12-11(15)10(8-14)19-13(12)16-9-6-4-3-5-7-9/h9,16H,2-7,15H2,1H3. The highest BCUT2D eigenvalue weighted by Gasteiger charge is 2.27. The van der Waals surface area contributed by atoms with Gasteiger partial charge in [-0.2, -0.15) is 5.26 Å². The van der Waals surface area contributed by atoms with E-state index in [9.17, 15) is 8.42 Å². The summed E-state index contributed by atoms with van der Waals surface area (Å²) in [5.41, 5.74) is 5.95. The van der Waals surface area contributed by atoms with E-state index in [0.717, 1.165) is 37.0 Å². The minimum absolute atomic E-state index is 0.0157. The van der Waals surface area contributed by atoms with Crippen LogP contribution in [-0.4, -0.2) is 20.2 Å². The third-order valence-electron chi connectivity index (χ3n) is 3.63. The van der Waals surface area contributed by atoms with Crippen LogP contribution in [0.4, 0.5) is 10.7 Å². The Bertz CT molecular complexity index is 623. The number of nitrogens with one attached hydrogen (secondary N) is 1. The van der Waals surface area contributed by atoms with Gasteiger partial charge in [0.2, 0.25) is 0 Å². The summed E-state index contributed by atoms with van der Waals surface area (Å²) in [6.45, 7) is 1.59. The average Bonchev–Trinajstić information content (AvgIpc) is 2.76. The molecule has 0 atom stereocenters. The molecule has 0 bridgehead atoms. The van der Waals surface area contributed by atoms with Crippen LogP contribution >= 0.6 is 11.3 Å². The van der Waals surface area contributed by atoms with Gasteiger partial charge in [0, 0.05) is 6.04 Å². The van der Waals surface area contributed by atoms with Crippen molar-refractivity contribution in [2.75, 3.05) is 16.8 Å². The van der Waals surface area contributed by atoms with Crippen LogP contribution in [0, 0.1) is 11.3 Å². The van der Waals surface area contributed by atoms with Gasteiger partial charge in [0.1, 0.15) is 20.8 Å². The molecular weight excluding hydrogens is 294 g/mol. The summed E-state index contributed by atoms with van der Waals surface area (Å²) in [5.74, 6) is -0.0157. The Morgan fingerprint density at radius 3 is 2.60 bits per heavy atom. The highest BCUT2D eigenvalue weighted by molar-refractivity contribution is 7.91. The normalized spacial score (nSPS) is 16.8. The number of rotatable bonds is 4. The molecule has 0 saturated heterocycles. The molecule has 0 radical (unpaired) electrons. The zero-order chi connectivity index (χ0) is 14.8. The number of nitrogens with two attached hydrogens (primary N) is 1. The molecule has 5 nitrogen and oxygen atoms in total. The fourth-order valence-electron chi connectivity index (χ4n) is 2.49. The molecule has 1 aromatic rings. The van der Waals surface area contributed by atoms with Gasteiger partial charge in [-0.1, -0.05) is 26.2 Å². The Morgan fingerprint density at radius 2 is 2.05 bits per heavy atom. The van der Waals surface area contributed by atoms with Crippen LogP contribution in [-0.2, 0) is 9.84 Å². The van der Waals surface area contributed by atoms with Crippen molar-refractivity contribution in [3.63, 3.8) is 0 Å². The van der Waals surface area contributed by atoms with Gasteiger partial charge in [0.15, 0.2) is 9.84 Å². The van der Waals surface area contributed by atoms with Crippen molar-refractivity contribution in [1.29, 1.82) is 5.26 Å². The van der Waals surface area contributed by atoms with E-state index < -0.39 is 9.84 Å². The number of nitrogens with zero attached hydrogens (tertiary/aromatic N) is 1. The van der Waals surface area contributed by atoms with Crippen molar-refractivity contribution in [2.45, 2.75) is 50.0 Å². The van der Waals surface area contributed by atoms with Crippen LogP contribution in [0.5, 0.6) is 0 Å². The van der Waals surface area contributed by atoms with Crippen molar-refractivity contribution < 1.29 is 8.42 Å². The van der Waals surface area contributed by atoms with Crippen molar-refractivity contribution >= 4 is 31.9 Å². The second-order valence-corrected chi connectivity index (χ2v) is 8.23. The van der Waals surface area contributed by atoms with E-state index in [1.165, 1.54) is 6.42 Å². The molecule has 1 aliphatic carbocycles. The number of nitrogen functional groups attached to an aromatic ring is 1. The Kier molecular flexibility index (Phi) is 4.55. The fourth-order valence-corrected chi connectivity index (χ4v) is 5.02. The van der Waals surface area contributed by atoms with Crippen molar-refractivity contribution in [2.24, 2.45) is 0 Å². The zero-order valence-electron chi connectivity index (χ0n) is 11.5. The van der Waals surface area contributed by atoms with Crippen LogP contribution in [0.15, 0.2) is 4.90 Å². The molecule has 0 aromatic carbocycles. The van der Waals surface area contributed by atoms with Gasteiger partial charge in [-0.05, 0) is 12.8 Å². The predicted molar refractivity (Wildman–Crippen MR) is 81.7 cm³/mol. The van der Waals surface area contributed by atoms with E-state index in [-0.39, 0.29) is 27.3 Å². The van der Waals surface area contributed by atoms with Crippen LogP contribution in [0.2, 0.25) is 0 Å². The van der Waals surface area contributed by atoms with E-state index in [0.29, 0.717) is 5.00 Å². The lowest BCUT2D eigenvalue weighted by Crippen LogP contribution is -2.22. The quantitative estimate of drug-likeness (QED) is 0.891. The van der Waals surface area contributed by atoms with Gasteiger partial charge in [-0.15, -0.1) is 11.3 Å². The Balaban J connectivity index is 2.39. The minimum atomic E-state index is -3.43. The van der Waals surface area contributed by atoms with Gasteiger partial charge >= 0.3 is 0 Å². The summed E-state index contributed by atoms with van der Waals surface area (Å²) in [6, 6.07) is 2.26. The van der Waals surface area contributed by atoms with Crippen molar-refractivity contribution in [3.05, 3.63) is 4.88 Å². The van der Waals surface area contributed by atoms with Gasteiger partial charge in [0.05, 0.1) is 11.4 Å². The van der Waals surface area contributed by atoms with Crippen molar-refractivity contribution in [3.8, 4) is 6.07 Å². The maximum Gasteiger partial charge on any atom is 0.183 e. The average molecular weight is 313 g/mol. The molecule has 1 saturated carbocycles. The molecule has 0 aliphatic heterocycles. The lowest BCUT2D eigenvalue weighted by Gasteiger charge is -2.23. The van der Waals surface area contributed by atoms with Crippen LogP contribution in [0.1, 0.15) is 43.9 Å². The van der Waals surface area contributed by atoms with Crippen molar-refractivity contribution in [1.82, 2.24) is 0 Å². The highest BCUT2D eigenvalue weighted by Crippen LogP contribution is 2.40. The minimum Gasteiger partial charge on any atom is -0.396 e. The lowest BCUT2D eigenvalue weighted by molar-refractivity contribution is 0.463. The molecule has 2 rings (SSSR count). The molecule has 1 aliphatic rings. The SMILES string of the molecule is CCS(=O)(=O)c1c(NC2CCCCC2)sc(C#N)c1N. The fraction of sp³-hybridized carbons (Fsp3) is 0.615. The smallest absolute Gasteiger partial charge is 0.183 e. The molecule has 110 valence electrons. The first-order chi connectivity index (χ1) is 9.49. The summed E-state index contributed by atoms with van der Waals surface area (Å²) in [6.07, 6.45) is 5.60. The maximum absolute atomic E-state index is 12.2. The molecule has 3 N–H and O–H groups in total. The Hall–Kier alpha value is -1.26. The topological polar surface area (TPSA) is 96.0 Å². The van der Waals surface area contributed by atoms with Gasteiger partial charge < -0.3 is 11.1 Å². The van der Waals surface area contributed by atoms with Crippen LogP contribution < -0.4 is 11.1 Å². The molecule has 0 amide bonds. The summed E-state index contributed by atoms with van der Waals surface area (Å²) in [5, 5.41) is 12.9. The summed E-state index contributed by atoms with van der Waals surface area (Å²) in [7, 11) is -3.43. The highest BCUT2D eigenvalue weighted by atomic mass is 32.2. The van der Waals surface area contributed by atoms with Gasteiger partial charge in [0.25, 0.3) is 0 Å². The first kappa shape index (κ1) is 15.1. The van der Waals surface area contributed by atoms with E-state index in [4.69, 9.17) is 11.0 Å². The largest absolute Gasteiger partial charge is 0.396 e. The maximum atomic E-state index is 12.2. The van der Waals surface area contributed by atoms with Gasteiger partial charge in [-0.25, -0.2) is 8.42 Å². The summed E-state index contributed by atoms with van der Waals surface area (Å²) < 4.78 is 24.4. The number of hydrogen-bond donors (Lipinski definition) is 2. The molecule has 7 heteroatoms. The molecule has 1 aromatic heterocycles. The second kappa shape index (κ2) is 6.02. The third kappa shape index (κ3) is 2.91. The van der Waals surface area contributed by atoms with E-state index in [2.05, 4.69) is 5.32 Å².